The lowest BCUT2D eigenvalue weighted by atomic mass is 10.0. The molecular formula is C27H20N6. The van der Waals surface area contributed by atoms with Crippen LogP contribution in [0.25, 0.3) is 38.8 Å². The fourth-order valence-corrected chi connectivity index (χ4v) is 4.17. The van der Waals surface area contributed by atoms with Crippen molar-refractivity contribution in [2.75, 3.05) is 11.1 Å². The number of benzene rings is 4. The second-order valence-electron chi connectivity index (χ2n) is 7.78. The van der Waals surface area contributed by atoms with Crippen LogP contribution in [0.3, 0.4) is 0 Å². The molecule has 0 fully saturated rings. The molecule has 6 nitrogen and oxygen atoms in total. The molecule has 0 aliphatic carbocycles. The molecule has 4 aromatic carbocycles. The van der Waals surface area contributed by atoms with Gasteiger partial charge in [-0.05, 0) is 30.3 Å². The predicted octanol–water partition coefficient (Wildman–Crippen LogP) is 5.96. The third kappa shape index (κ3) is 3.34. The zero-order valence-corrected chi connectivity index (χ0v) is 17.7. The Morgan fingerprint density at radius 2 is 1.39 bits per heavy atom. The first-order valence-electron chi connectivity index (χ1n) is 10.7. The van der Waals surface area contributed by atoms with Gasteiger partial charge in [-0.3, -0.25) is 4.57 Å². The Kier molecular flexibility index (Phi) is 4.47. The molecule has 6 aromatic rings. The summed E-state index contributed by atoms with van der Waals surface area (Å²) in [6, 6.07) is 34.2. The standard InChI is InChI=1S/C27H20N6/c28-27-30-23-17-19(15-16-24(23)33(27)20-11-5-2-6-12-20)29-26-22-14-8-7-13-21(22)25(31-32-26)18-9-3-1-4-10-18/h1-17H,(H2,28,30)(H,29,32). The monoisotopic (exact) mass is 428 g/mol. The lowest BCUT2D eigenvalue weighted by Gasteiger charge is -2.11. The van der Waals surface area contributed by atoms with Crippen molar-refractivity contribution in [1.82, 2.24) is 19.7 Å². The number of hydrogen-bond donors (Lipinski definition) is 2. The first kappa shape index (κ1) is 19.0. The smallest absolute Gasteiger partial charge is 0.205 e. The molecule has 0 saturated heterocycles. The number of nitrogen functional groups attached to an aromatic ring is 1. The van der Waals surface area contributed by atoms with Gasteiger partial charge in [0.1, 0.15) is 5.69 Å². The van der Waals surface area contributed by atoms with E-state index < -0.39 is 0 Å². The van der Waals surface area contributed by atoms with Crippen LogP contribution in [0.5, 0.6) is 0 Å². The largest absolute Gasteiger partial charge is 0.369 e. The van der Waals surface area contributed by atoms with Gasteiger partial charge in [0.2, 0.25) is 5.95 Å². The van der Waals surface area contributed by atoms with Crippen LogP contribution in [0, 0.1) is 0 Å². The average Bonchev–Trinajstić information content (AvgIpc) is 3.20. The molecule has 0 radical (unpaired) electrons. The molecule has 0 saturated carbocycles. The summed E-state index contributed by atoms with van der Waals surface area (Å²) in [7, 11) is 0. The quantitative estimate of drug-likeness (QED) is 0.362. The first-order valence-corrected chi connectivity index (χ1v) is 10.7. The van der Waals surface area contributed by atoms with Crippen LogP contribution in [0.4, 0.5) is 17.5 Å². The van der Waals surface area contributed by atoms with Gasteiger partial charge in [0.05, 0.1) is 11.0 Å². The maximum atomic E-state index is 6.24. The summed E-state index contributed by atoms with van der Waals surface area (Å²) in [6.07, 6.45) is 0. The van der Waals surface area contributed by atoms with Crippen LogP contribution in [-0.4, -0.2) is 19.7 Å². The fourth-order valence-electron chi connectivity index (χ4n) is 4.17. The molecule has 33 heavy (non-hydrogen) atoms. The van der Waals surface area contributed by atoms with Gasteiger partial charge >= 0.3 is 0 Å². The van der Waals surface area contributed by atoms with Gasteiger partial charge in [-0.25, -0.2) is 4.98 Å². The van der Waals surface area contributed by atoms with Crippen LogP contribution in [0.15, 0.2) is 103 Å². The summed E-state index contributed by atoms with van der Waals surface area (Å²) in [5.41, 5.74) is 11.7. The number of rotatable bonds is 4. The van der Waals surface area contributed by atoms with Crippen LogP contribution in [-0.2, 0) is 0 Å². The van der Waals surface area contributed by atoms with Gasteiger partial charge in [-0.1, -0.05) is 72.8 Å². The Hall–Kier alpha value is -4.71. The summed E-state index contributed by atoms with van der Waals surface area (Å²) in [5.74, 6) is 1.14. The highest BCUT2D eigenvalue weighted by atomic mass is 15.2. The molecule has 2 aromatic heterocycles. The summed E-state index contributed by atoms with van der Waals surface area (Å²) >= 11 is 0. The van der Waals surface area contributed by atoms with E-state index in [9.17, 15) is 0 Å². The van der Waals surface area contributed by atoms with Crippen molar-refractivity contribution in [1.29, 1.82) is 0 Å². The van der Waals surface area contributed by atoms with Gasteiger partial charge in [-0.15, -0.1) is 10.2 Å². The highest BCUT2D eigenvalue weighted by molar-refractivity contribution is 6.01. The van der Waals surface area contributed by atoms with E-state index in [0.29, 0.717) is 11.8 Å². The summed E-state index contributed by atoms with van der Waals surface area (Å²) in [4.78, 5) is 4.57. The van der Waals surface area contributed by atoms with Crippen LogP contribution >= 0.6 is 0 Å². The molecule has 6 heteroatoms. The molecule has 2 heterocycles. The Labute approximate surface area is 190 Å². The number of nitrogens with two attached hydrogens (primary N) is 1. The topological polar surface area (TPSA) is 81.7 Å². The van der Waals surface area contributed by atoms with Crippen molar-refractivity contribution in [3.63, 3.8) is 0 Å². The molecule has 0 atom stereocenters. The molecular weight excluding hydrogens is 408 g/mol. The number of para-hydroxylation sites is 1. The van der Waals surface area contributed by atoms with Crippen molar-refractivity contribution in [2.45, 2.75) is 0 Å². The van der Waals surface area contributed by atoms with Crippen LogP contribution in [0.1, 0.15) is 0 Å². The third-order valence-electron chi connectivity index (χ3n) is 5.69. The molecule has 0 unspecified atom stereocenters. The van der Waals surface area contributed by atoms with Gasteiger partial charge in [-0.2, -0.15) is 0 Å². The van der Waals surface area contributed by atoms with E-state index in [1.165, 1.54) is 0 Å². The number of imidazole rings is 1. The number of anilines is 3. The van der Waals surface area contributed by atoms with Crippen molar-refractivity contribution >= 4 is 39.3 Å². The van der Waals surface area contributed by atoms with Gasteiger partial charge in [0, 0.05) is 27.7 Å². The summed E-state index contributed by atoms with van der Waals surface area (Å²) in [6.45, 7) is 0. The molecule has 6 rings (SSSR count). The third-order valence-corrected chi connectivity index (χ3v) is 5.69. The van der Waals surface area contributed by atoms with Gasteiger partial charge < -0.3 is 11.1 Å². The number of nitrogens with zero attached hydrogens (tertiary/aromatic N) is 4. The Balaban J connectivity index is 1.41. The highest BCUT2D eigenvalue weighted by Gasteiger charge is 2.13. The maximum Gasteiger partial charge on any atom is 0.205 e. The Bertz CT molecular complexity index is 1590. The van der Waals surface area contributed by atoms with Crippen molar-refractivity contribution in [2.24, 2.45) is 0 Å². The number of nitrogens with one attached hydrogen (secondary N) is 1. The number of hydrogen-bond acceptors (Lipinski definition) is 5. The predicted molar refractivity (Wildman–Crippen MR) is 134 cm³/mol. The minimum absolute atomic E-state index is 0.450. The lowest BCUT2D eigenvalue weighted by Crippen LogP contribution is -2.00. The SMILES string of the molecule is Nc1nc2cc(Nc3nnc(-c4ccccc4)c4ccccc34)ccc2n1-c1ccccc1. The molecule has 0 amide bonds. The number of aromatic nitrogens is 4. The van der Waals surface area contributed by atoms with Crippen molar-refractivity contribution in [3.05, 3.63) is 103 Å². The van der Waals surface area contributed by atoms with Crippen molar-refractivity contribution < 1.29 is 0 Å². The van der Waals surface area contributed by atoms with E-state index in [-0.39, 0.29) is 0 Å². The molecule has 0 aliphatic heterocycles. The Morgan fingerprint density at radius 3 is 2.18 bits per heavy atom. The maximum absolute atomic E-state index is 6.24. The average molecular weight is 428 g/mol. The fraction of sp³-hybridized carbons (Fsp3) is 0. The minimum Gasteiger partial charge on any atom is -0.369 e. The second-order valence-corrected chi connectivity index (χ2v) is 7.78. The van der Waals surface area contributed by atoms with E-state index in [2.05, 4.69) is 32.6 Å². The zero-order chi connectivity index (χ0) is 22.2. The van der Waals surface area contributed by atoms with E-state index in [1.54, 1.807) is 0 Å². The van der Waals surface area contributed by atoms with E-state index >= 15 is 0 Å². The van der Waals surface area contributed by atoms with Crippen LogP contribution < -0.4 is 11.1 Å². The molecule has 0 aliphatic rings. The molecule has 158 valence electrons. The molecule has 0 bridgehead atoms. The molecule has 0 spiro atoms. The summed E-state index contributed by atoms with van der Waals surface area (Å²) < 4.78 is 1.95. The number of fused-ring (bicyclic) bond motifs is 2. The van der Waals surface area contributed by atoms with Crippen molar-refractivity contribution in [3.8, 4) is 16.9 Å². The normalized spacial score (nSPS) is 11.2. The van der Waals surface area contributed by atoms with E-state index in [0.717, 1.165) is 44.4 Å². The second kappa shape index (κ2) is 7.76. The zero-order valence-electron chi connectivity index (χ0n) is 17.7. The summed E-state index contributed by atoms with van der Waals surface area (Å²) in [5, 5.41) is 14.5. The van der Waals surface area contributed by atoms with Crippen LogP contribution in [0.2, 0.25) is 0 Å². The first-order chi connectivity index (χ1) is 16.3. The minimum atomic E-state index is 0.450. The van der Waals surface area contributed by atoms with E-state index in [1.807, 2.05) is 95.6 Å². The Morgan fingerprint density at radius 1 is 0.697 bits per heavy atom. The molecule has 3 N–H and O–H groups in total. The lowest BCUT2D eigenvalue weighted by molar-refractivity contribution is 1.06. The highest BCUT2D eigenvalue weighted by Crippen LogP contribution is 2.32. The van der Waals surface area contributed by atoms with Gasteiger partial charge in [0.15, 0.2) is 5.82 Å². The van der Waals surface area contributed by atoms with E-state index in [4.69, 9.17) is 5.73 Å². The van der Waals surface area contributed by atoms with Gasteiger partial charge in [0.25, 0.3) is 0 Å².